The number of hydrogen-bond donors (Lipinski definition) is 1. The molecule has 2 aliphatic heterocycles. The first kappa shape index (κ1) is 23.1. The molecular formula is C20H32IN5OS. The SMILES string of the molecule is CN=C(NCC(=O)N1CCN(c2ccccc2)CC1)N1CCSC(C)(C)C1.I. The molecule has 2 saturated heterocycles. The molecule has 0 saturated carbocycles. The maximum absolute atomic E-state index is 12.6. The van der Waals surface area contributed by atoms with Crippen LogP contribution in [0.3, 0.4) is 0 Å². The maximum atomic E-state index is 12.6. The first-order chi connectivity index (χ1) is 13.0. The minimum atomic E-state index is 0. The van der Waals surface area contributed by atoms with Gasteiger partial charge in [-0.2, -0.15) is 11.8 Å². The van der Waals surface area contributed by atoms with Crippen molar-refractivity contribution in [2.45, 2.75) is 18.6 Å². The number of amides is 1. The van der Waals surface area contributed by atoms with Crippen molar-refractivity contribution in [1.29, 1.82) is 0 Å². The quantitative estimate of drug-likeness (QED) is 0.379. The molecule has 0 unspecified atom stereocenters. The van der Waals surface area contributed by atoms with Crippen LogP contribution in [-0.4, -0.2) is 85.0 Å². The Labute approximate surface area is 190 Å². The maximum Gasteiger partial charge on any atom is 0.242 e. The van der Waals surface area contributed by atoms with E-state index in [-0.39, 0.29) is 34.6 Å². The molecule has 0 atom stereocenters. The average molecular weight is 517 g/mol. The van der Waals surface area contributed by atoms with E-state index in [1.165, 1.54) is 5.69 Å². The van der Waals surface area contributed by atoms with Gasteiger partial charge >= 0.3 is 0 Å². The van der Waals surface area contributed by atoms with E-state index in [1.54, 1.807) is 7.05 Å². The van der Waals surface area contributed by atoms with E-state index in [4.69, 9.17) is 0 Å². The van der Waals surface area contributed by atoms with Gasteiger partial charge in [-0.15, -0.1) is 24.0 Å². The van der Waals surface area contributed by atoms with E-state index in [1.807, 2.05) is 22.7 Å². The van der Waals surface area contributed by atoms with Gasteiger partial charge < -0.3 is 20.0 Å². The second kappa shape index (κ2) is 10.6. The lowest BCUT2D eigenvalue weighted by molar-refractivity contribution is -0.130. The number of piperazine rings is 1. The normalized spacial score (nSPS) is 19.8. The van der Waals surface area contributed by atoms with Gasteiger partial charge in [0.05, 0.1) is 6.54 Å². The molecule has 6 nitrogen and oxygen atoms in total. The minimum absolute atomic E-state index is 0. The third kappa shape index (κ3) is 6.17. The summed E-state index contributed by atoms with van der Waals surface area (Å²) in [4.78, 5) is 23.6. The van der Waals surface area contributed by atoms with Crippen LogP contribution >= 0.6 is 35.7 Å². The van der Waals surface area contributed by atoms with Crippen molar-refractivity contribution < 1.29 is 4.79 Å². The predicted molar refractivity (Wildman–Crippen MR) is 130 cm³/mol. The van der Waals surface area contributed by atoms with Crippen LogP contribution < -0.4 is 10.2 Å². The Morgan fingerprint density at radius 3 is 2.39 bits per heavy atom. The van der Waals surface area contributed by atoms with Crippen molar-refractivity contribution in [1.82, 2.24) is 15.1 Å². The topological polar surface area (TPSA) is 51.2 Å². The molecule has 2 heterocycles. The van der Waals surface area contributed by atoms with Crippen molar-refractivity contribution in [3.05, 3.63) is 30.3 Å². The highest BCUT2D eigenvalue weighted by molar-refractivity contribution is 14.0. The Hall–Kier alpha value is -1.16. The molecule has 0 radical (unpaired) electrons. The van der Waals surface area contributed by atoms with E-state index in [0.29, 0.717) is 6.54 Å². The third-order valence-electron chi connectivity index (χ3n) is 5.09. The van der Waals surface area contributed by atoms with Crippen LogP contribution in [-0.2, 0) is 4.79 Å². The molecule has 156 valence electrons. The van der Waals surface area contributed by atoms with Gasteiger partial charge in [-0.05, 0) is 26.0 Å². The van der Waals surface area contributed by atoms with Crippen molar-refractivity contribution >= 4 is 53.3 Å². The number of anilines is 1. The summed E-state index contributed by atoms with van der Waals surface area (Å²) in [6.45, 7) is 10.0. The predicted octanol–water partition coefficient (Wildman–Crippen LogP) is 2.36. The highest BCUT2D eigenvalue weighted by Crippen LogP contribution is 2.29. The number of hydrogen-bond acceptors (Lipinski definition) is 4. The Kier molecular flexibility index (Phi) is 8.73. The van der Waals surface area contributed by atoms with Gasteiger partial charge in [0.2, 0.25) is 5.91 Å². The molecule has 0 aromatic heterocycles. The van der Waals surface area contributed by atoms with E-state index in [9.17, 15) is 4.79 Å². The smallest absolute Gasteiger partial charge is 0.242 e. The summed E-state index contributed by atoms with van der Waals surface area (Å²) in [5.74, 6) is 2.07. The van der Waals surface area contributed by atoms with Crippen molar-refractivity contribution in [3.8, 4) is 0 Å². The largest absolute Gasteiger partial charge is 0.368 e. The van der Waals surface area contributed by atoms with Crippen LogP contribution in [0.25, 0.3) is 0 Å². The van der Waals surface area contributed by atoms with Crippen LogP contribution in [0.15, 0.2) is 35.3 Å². The van der Waals surface area contributed by atoms with E-state index < -0.39 is 0 Å². The van der Waals surface area contributed by atoms with Gasteiger partial charge in [-0.1, -0.05) is 18.2 Å². The summed E-state index contributed by atoms with van der Waals surface area (Å²) < 4.78 is 0.216. The highest BCUT2D eigenvalue weighted by atomic mass is 127. The lowest BCUT2D eigenvalue weighted by Gasteiger charge is -2.39. The molecule has 2 fully saturated rings. The summed E-state index contributed by atoms with van der Waals surface area (Å²) in [7, 11) is 1.79. The Morgan fingerprint density at radius 1 is 1.11 bits per heavy atom. The summed E-state index contributed by atoms with van der Waals surface area (Å²) >= 11 is 1.99. The van der Waals surface area contributed by atoms with Crippen molar-refractivity contribution in [2.75, 3.05) is 63.5 Å². The fraction of sp³-hybridized carbons (Fsp3) is 0.600. The van der Waals surface area contributed by atoms with Crippen LogP contribution in [0.5, 0.6) is 0 Å². The van der Waals surface area contributed by atoms with E-state index in [2.05, 4.69) is 58.2 Å². The van der Waals surface area contributed by atoms with Crippen LogP contribution in [0.4, 0.5) is 5.69 Å². The monoisotopic (exact) mass is 517 g/mol. The molecule has 1 amide bonds. The number of carbonyl (C=O) groups excluding carboxylic acids is 1. The van der Waals surface area contributed by atoms with Gasteiger partial charge in [0, 0.05) is 62.5 Å². The summed E-state index contributed by atoms with van der Waals surface area (Å²) in [5, 5.41) is 3.28. The standard InChI is InChI=1S/C20H31N5OS.HI/c1-20(2)16-25(13-14-27-20)19(21-3)22-15-18(26)24-11-9-23(10-12-24)17-7-5-4-6-8-17;/h4-8H,9-16H2,1-3H3,(H,21,22);1H. The van der Waals surface area contributed by atoms with Gasteiger partial charge in [0.1, 0.15) is 0 Å². The summed E-state index contributed by atoms with van der Waals surface area (Å²) in [5.41, 5.74) is 1.23. The van der Waals surface area contributed by atoms with Gasteiger partial charge in [-0.25, -0.2) is 0 Å². The van der Waals surface area contributed by atoms with Gasteiger partial charge in [0.15, 0.2) is 5.96 Å². The minimum Gasteiger partial charge on any atom is -0.368 e. The van der Waals surface area contributed by atoms with Crippen LogP contribution in [0.1, 0.15) is 13.8 Å². The lowest BCUT2D eigenvalue weighted by atomic mass is 10.2. The number of para-hydroxylation sites is 1. The molecule has 0 aliphatic carbocycles. The van der Waals surface area contributed by atoms with Crippen molar-refractivity contribution in [2.24, 2.45) is 4.99 Å². The first-order valence-electron chi connectivity index (χ1n) is 9.66. The number of halogens is 1. The number of guanidine groups is 1. The van der Waals surface area contributed by atoms with Gasteiger partial charge in [0.25, 0.3) is 0 Å². The Morgan fingerprint density at radius 2 is 1.79 bits per heavy atom. The number of nitrogens with one attached hydrogen (secondary N) is 1. The first-order valence-corrected chi connectivity index (χ1v) is 10.6. The molecule has 1 N–H and O–H groups in total. The fourth-order valence-electron chi connectivity index (χ4n) is 3.65. The second-order valence-corrected chi connectivity index (χ2v) is 9.44. The fourth-order valence-corrected chi connectivity index (χ4v) is 4.76. The number of aliphatic imine (C=N–C) groups is 1. The zero-order valence-corrected chi connectivity index (χ0v) is 20.2. The van der Waals surface area contributed by atoms with E-state index >= 15 is 0 Å². The van der Waals surface area contributed by atoms with E-state index in [0.717, 1.165) is 51.0 Å². The van der Waals surface area contributed by atoms with Crippen molar-refractivity contribution in [3.63, 3.8) is 0 Å². The summed E-state index contributed by atoms with van der Waals surface area (Å²) in [6, 6.07) is 10.4. The molecule has 1 aromatic carbocycles. The molecular weight excluding hydrogens is 485 g/mol. The number of thioether (sulfide) groups is 1. The zero-order chi connectivity index (χ0) is 19.3. The Bertz CT molecular complexity index is 662. The average Bonchev–Trinajstić information content (AvgIpc) is 2.68. The lowest BCUT2D eigenvalue weighted by Crippen LogP contribution is -2.54. The number of carbonyl (C=O) groups is 1. The highest BCUT2D eigenvalue weighted by Gasteiger charge is 2.29. The number of rotatable bonds is 3. The molecule has 3 rings (SSSR count). The van der Waals surface area contributed by atoms with Crippen LogP contribution in [0, 0.1) is 0 Å². The number of benzene rings is 1. The zero-order valence-electron chi connectivity index (χ0n) is 17.1. The van der Waals surface area contributed by atoms with Crippen LogP contribution in [0.2, 0.25) is 0 Å². The summed E-state index contributed by atoms with van der Waals surface area (Å²) in [6.07, 6.45) is 0. The molecule has 28 heavy (non-hydrogen) atoms. The molecule has 2 aliphatic rings. The molecule has 1 aromatic rings. The molecule has 0 spiro atoms. The second-order valence-electron chi connectivity index (χ2n) is 7.63. The third-order valence-corrected chi connectivity index (χ3v) is 6.39. The molecule has 8 heteroatoms. The van der Waals surface area contributed by atoms with Gasteiger partial charge in [-0.3, -0.25) is 9.79 Å². The Balaban J connectivity index is 0.00000280. The molecule has 0 bridgehead atoms. The number of nitrogens with zero attached hydrogens (tertiary/aromatic N) is 4.